The first-order valence-electron chi connectivity index (χ1n) is 16.3. The lowest BCUT2D eigenvalue weighted by molar-refractivity contribution is -0.137. The van der Waals surface area contributed by atoms with Gasteiger partial charge in [0.1, 0.15) is 17.5 Å². The lowest BCUT2D eigenvalue weighted by atomic mass is 9.78. The number of hydrogen-bond acceptors (Lipinski definition) is 4. The van der Waals surface area contributed by atoms with Gasteiger partial charge >= 0.3 is 6.18 Å². The van der Waals surface area contributed by atoms with Crippen LogP contribution in [0.2, 0.25) is 5.02 Å². The number of anilines is 1. The second-order valence-electron chi connectivity index (χ2n) is 12.9. The van der Waals surface area contributed by atoms with E-state index >= 15 is 4.79 Å². The number of rotatable bonds is 7. The zero-order valence-corrected chi connectivity index (χ0v) is 27.8. The summed E-state index contributed by atoms with van der Waals surface area (Å²) in [6.07, 6.45) is 1.31. The molecule has 1 aliphatic heterocycles. The summed E-state index contributed by atoms with van der Waals surface area (Å²) in [4.78, 5) is 26.9. The van der Waals surface area contributed by atoms with E-state index in [9.17, 15) is 17.6 Å². The highest BCUT2D eigenvalue weighted by atomic mass is 35.5. The molecule has 0 spiro atoms. The minimum Gasteiger partial charge on any atom is -0.351 e. The topological polar surface area (TPSA) is 58.1 Å². The lowest BCUT2D eigenvalue weighted by Crippen LogP contribution is -2.56. The molecule has 1 saturated carbocycles. The van der Waals surface area contributed by atoms with Gasteiger partial charge in [-0.2, -0.15) is 13.2 Å². The summed E-state index contributed by atoms with van der Waals surface area (Å²) >= 11 is 6.24. The van der Waals surface area contributed by atoms with Crippen molar-refractivity contribution in [3.8, 4) is 0 Å². The summed E-state index contributed by atoms with van der Waals surface area (Å²) in [5.74, 6) is -0.0618. The fourth-order valence-corrected chi connectivity index (χ4v) is 7.05. The van der Waals surface area contributed by atoms with Crippen LogP contribution < -0.4 is 10.2 Å². The van der Waals surface area contributed by atoms with Gasteiger partial charge < -0.3 is 10.2 Å². The molecule has 0 radical (unpaired) electrons. The summed E-state index contributed by atoms with van der Waals surface area (Å²) in [5, 5.41) is 3.82. The normalized spacial score (nSPS) is 19.2. The third-order valence-corrected chi connectivity index (χ3v) is 9.53. The van der Waals surface area contributed by atoms with Crippen molar-refractivity contribution in [2.75, 3.05) is 4.90 Å². The fraction of sp³-hybridized carbons (Fsp3) is 0.342. The van der Waals surface area contributed by atoms with E-state index in [2.05, 4.69) is 5.32 Å². The maximum Gasteiger partial charge on any atom is 0.416 e. The Morgan fingerprint density at radius 1 is 1.00 bits per heavy atom. The van der Waals surface area contributed by atoms with Crippen LogP contribution in [0.3, 0.4) is 0 Å². The number of amides is 1. The van der Waals surface area contributed by atoms with E-state index in [-0.39, 0.29) is 29.6 Å². The maximum absolute atomic E-state index is 15.3. The molecule has 3 aromatic carbocycles. The number of hydrogen-bond donors (Lipinski definition) is 1. The van der Waals surface area contributed by atoms with Gasteiger partial charge in [-0.05, 0) is 72.9 Å². The number of aryl methyl sites for hydroxylation is 1. The van der Waals surface area contributed by atoms with Crippen molar-refractivity contribution in [2.45, 2.75) is 83.1 Å². The third-order valence-electron chi connectivity index (χ3n) is 9.28. The van der Waals surface area contributed by atoms with Crippen molar-refractivity contribution < 1.29 is 22.4 Å². The van der Waals surface area contributed by atoms with Crippen molar-refractivity contribution in [1.29, 1.82) is 0 Å². The van der Waals surface area contributed by atoms with E-state index in [1.807, 2.05) is 30.9 Å². The number of carbonyl (C=O) groups is 1. The van der Waals surface area contributed by atoms with E-state index in [1.165, 1.54) is 48.5 Å². The van der Waals surface area contributed by atoms with E-state index < -0.39 is 29.0 Å². The number of alkyl halides is 3. The van der Waals surface area contributed by atoms with E-state index in [1.54, 1.807) is 19.1 Å². The SMILES string of the molecule is Cc1nc(C(C)C)nc2c1/C(=C/c1ccccc1C(F)(F)F)C(C(=O)NC1CCCCC1)(c1ccc(F)cc1)N2Cc1ccc(Cl)cc1. The zero-order valence-electron chi connectivity index (χ0n) is 27.0. The standard InChI is InChI=1S/C38H37ClF4N4O/c1-23(2)34-44-24(3)33-32(21-26-9-7-8-12-31(26)38(41,42)43)37(27-15-19-29(40)20-16-27,36(48)45-30-10-5-4-6-11-30)47(35(33)46-34)22-25-13-17-28(39)18-14-25/h7-9,12-21,23,30H,4-6,10-11,22H2,1-3H3,(H,45,48)/b32-21-. The van der Waals surface area contributed by atoms with Crippen LogP contribution in [0, 0.1) is 12.7 Å². The number of halogens is 5. The van der Waals surface area contributed by atoms with Crippen molar-refractivity contribution in [3.63, 3.8) is 0 Å². The summed E-state index contributed by atoms with van der Waals surface area (Å²) in [6, 6.07) is 18.0. The first-order valence-corrected chi connectivity index (χ1v) is 16.6. The van der Waals surface area contributed by atoms with Crippen LogP contribution in [0.25, 0.3) is 11.6 Å². The molecule has 5 nitrogen and oxygen atoms in total. The maximum atomic E-state index is 15.3. The quantitative estimate of drug-likeness (QED) is 0.198. The smallest absolute Gasteiger partial charge is 0.351 e. The fourth-order valence-electron chi connectivity index (χ4n) is 6.93. The Morgan fingerprint density at radius 2 is 1.67 bits per heavy atom. The molecule has 0 bridgehead atoms. The third kappa shape index (κ3) is 6.32. The summed E-state index contributed by atoms with van der Waals surface area (Å²) in [6.45, 7) is 5.85. The van der Waals surface area contributed by atoms with E-state index in [0.717, 1.165) is 43.7 Å². The van der Waals surface area contributed by atoms with Crippen LogP contribution in [-0.2, 0) is 23.1 Å². The highest BCUT2D eigenvalue weighted by molar-refractivity contribution is 6.30. The first-order chi connectivity index (χ1) is 22.9. The zero-order chi connectivity index (χ0) is 34.2. The Hall–Kier alpha value is -4.24. The molecule has 1 fully saturated rings. The average molecular weight is 677 g/mol. The molecule has 1 amide bonds. The molecular formula is C38H37ClF4N4O. The predicted octanol–water partition coefficient (Wildman–Crippen LogP) is 9.62. The number of aromatic nitrogens is 2. The Labute approximate surface area is 283 Å². The van der Waals surface area contributed by atoms with Crippen molar-refractivity contribution in [1.82, 2.24) is 15.3 Å². The highest BCUT2D eigenvalue weighted by Crippen LogP contribution is 2.55. The molecule has 0 saturated heterocycles. The molecule has 4 aromatic rings. The van der Waals surface area contributed by atoms with Gasteiger partial charge in [0.2, 0.25) is 0 Å². The molecule has 1 N–H and O–H groups in total. The molecule has 2 heterocycles. The Bertz CT molecular complexity index is 1830. The Morgan fingerprint density at radius 3 is 2.31 bits per heavy atom. The number of benzene rings is 3. The number of nitrogens with one attached hydrogen (secondary N) is 1. The second kappa shape index (κ2) is 13.3. The van der Waals surface area contributed by atoms with Gasteiger partial charge in [-0.15, -0.1) is 0 Å². The molecule has 10 heteroatoms. The van der Waals surface area contributed by atoms with Gasteiger partial charge in [0.25, 0.3) is 5.91 Å². The van der Waals surface area contributed by atoms with Gasteiger partial charge in [0, 0.05) is 34.7 Å². The molecule has 1 aliphatic carbocycles. The minimum absolute atomic E-state index is 0.0818. The predicted molar refractivity (Wildman–Crippen MR) is 181 cm³/mol. The summed E-state index contributed by atoms with van der Waals surface area (Å²) in [5.41, 5.74) is -0.232. The van der Waals surface area contributed by atoms with Crippen LogP contribution in [0.5, 0.6) is 0 Å². The van der Waals surface area contributed by atoms with Crippen LogP contribution in [0.1, 0.15) is 91.2 Å². The second-order valence-corrected chi connectivity index (χ2v) is 13.3. The molecule has 48 heavy (non-hydrogen) atoms. The molecule has 1 unspecified atom stereocenters. The molecule has 1 aromatic heterocycles. The number of nitrogens with zero attached hydrogens (tertiary/aromatic N) is 3. The van der Waals surface area contributed by atoms with Gasteiger partial charge in [-0.25, -0.2) is 14.4 Å². The van der Waals surface area contributed by atoms with Crippen molar-refractivity contribution in [3.05, 3.63) is 123 Å². The van der Waals surface area contributed by atoms with Gasteiger partial charge in [0.05, 0.1) is 11.3 Å². The van der Waals surface area contributed by atoms with Crippen LogP contribution >= 0.6 is 11.6 Å². The van der Waals surface area contributed by atoms with E-state index in [0.29, 0.717) is 33.5 Å². The number of carbonyl (C=O) groups excluding carboxylic acids is 1. The summed E-state index contributed by atoms with van der Waals surface area (Å²) in [7, 11) is 0. The van der Waals surface area contributed by atoms with Crippen molar-refractivity contribution in [2.24, 2.45) is 0 Å². The largest absolute Gasteiger partial charge is 0.416 e. The van der Waals surface area contributed by atoms with Crippen molar-refractivity contribution >= 4 is 35.0 Å². The minimum atomic E-state index is -4.66. The Balaban J connectivity index is 1.72. The van der Waals surface area contributed by atoms with Crippen LogP contribution in [0.15, 0.2) is 72.8 Å². The molecule has 1 atom stereocenters. The molecular weight excluding hydrogens is 640 g/mol. The number of fused-ring (bicyclic) bond motifs is 1. The molecule has 250 valence electrons. The van der Waals surface area contributed by atoms with Crippen LogP contribution in [-0.4, -0.2) is 21.9 Å². The van der Waals surface area contributed by atoms with Crippen LogP contribution in [0.4, 0.5) is 23.4 Å². The van der Waals surface area contributed by atoms with E-state index in [4.69, 9.17) is 21.6 Å². The lowest BCUT2D eigenvalue weighted by Gasteiger charge is -2.41. The Kier molecular flexibility index (Phi) is 9.35. The monoisotopic (exact) mass is 676 g/mol. The summed E-state index contributed by atoms with van der Waals surface area (Å²) < 4.78 is 58.0. The van der Waals surface area contributed by atoms with Gasteiger partial charge in [-0.1, -0.05) is 87.2 Å². The first kappa shape index (κ1) is 33.7. The highest BCUT2D eigenvalue weighted by Gasteiger charge is 2.57. The average Bonchev–Trinajstić information content (AvgIpc) is 3.32. The molecule has 2 aliphatic rings. The molecule has 6 rings (SSSR count). The van der Waals surface area contributed by atoms with Gasteiger partial charge in [0.15, 0.2) is 5.54 Å². The van der Waals surface area contributed by atoms with Gasteiger partial charge in [-0.3, -0.25) is 4.79 Å².